The molecule has 11 heavy (non-hydrogen) atoms. The standard InChI is InChI=1S/2C5H5.Os/c2*1-2-4-5-3-1;/h2*1-5H;/q2*-1;. The van der Waals surface area contributed by atoms with Crippen LogP contribution < -0.4 is 0 Å². The van der Waals surface area contributed by atoms with Crippen LogP contribution in [0.4, 0.5) is 0 Å². The molecule has 0 heterocycles. The second kappa shape index (κ2) is 7.44. The first-order valence-corrected chi connectivity index (χ1v) is 3.33. The first-order chi connectivity index (χ1) is 5.00. The van der Waals surface area contributed by atoms with Crippen LogP contribution in [0.2, 0.25) is 0 Å². The third-order valence-electron chi connectivity index (χ3n) is 1.11. The zero-order valence-electron chi connectivity index (χ0n) is 6.13. The second-order valence-electron chi connectivity index (χ2n) is 1.92. The van der Waals surface area contributed by atoms with E-state index >= 15 is 0 Å². The van der Waals surface area contributed by atoms with Crippen LogP contribution in [0, 0.1) is 0 Å². The van der Waals surface area contributed by atoms with Gasteiger partial charge in [-0.3, -0.25) is 0 Å². The van der Waals surface area contributed by atoms with Gasteiger partial charge in [0, 0.05) is 19.8 Å². The van der Waals surface area contributed by atoms with Gasteiger partial charge in [-0.15, -0.1) is 0 Å². The van der Waals surface area contributed by atoms with E-state index in [9.17, 15) is 0 Å². The smallest absolute Gasteiger partial charge is 0 e. The van der Waals surface area contributed by atoms with Crippen molar-refractivity contribution in [1.82, 2.24) is 0 Å². The SMILES string of the molecule is [Os].c1cc[cH-]c1.c1cc[cH-]c1. The van der Waals surface area contributed by atoms with Crippen LogP contribution in [0.1, 0.15) is 0 Å². The maximum Gasteiger partial charge on any atom is 0 e. The van der Waals surface area contributed by atoms with Crippen molar-refractivity contribution in [3.8, 4) is 0 Å². The third-order valence-corrected chi connectivity index (χ3v) is 1.11. The molecule has 0 aliphatic heterocycles. The van der Waals surface area contributed by atoms with Gasteiger partial charge in [0.1, 0.15) is 0 Å². The molecular weight excluding hydrogens is 310 g/mol. The summed E-state index contributed by atoms with van der Waals surface area (Å²) in [5, 5.41) is 0. The molecule has 0 amide bonds. The van der Waals surface area contributed by atoms with E-state index in [0.717, 1.165) is 0 Å². The van der Waals surface area contributed by atoms with Gasteiger partial charge in [-0.1, -0.05) is 0 Å². The second-order valence-corrected chi connectivity index (χ2v) is 1.92. The summed E-state index contributed by atoms with van der Waals surface area (Å²) in [5.74, 6) is 0. The van der Waals surface area contributed by atoms with Crippen molar-refractivity contribution in [2.24, 2.45) is 0 Å². The molecule has 60 valence electrons. The summed E-state index contributed by atoms with van der Waals surface area (Å²) in [4.78, 5) is 0. The van der Waals surface area contributed by atoms with Gasteiger partial charge in [-0.05, 0) is 0 Å². The Balaban J connectivity index is 0.000000167. The van der Waals surface area contributed by atoms with Crippen LogP contribution in [0.3, 0.4) is 0 Å². The van der Waals surface area contributed by atoms with Crippen LogP contribution >= 0.6 is 0 Å². The molecule has 0 unspecified atom stereocenters. The van der Waals surface area contributed by atoms with Gasteiger partial charge in [-0.2, -0.15) is 36.4 Å². The van der Waals surface area contributed by atoms with Crippen molar-refractivity contribution in [1.29, 1.82) is 0 Å². The summed E-state index contributed by atoms with van der Waals surface area (Å²) < 4.78 is 0. The minimum Gasteiger partial charge on any atom is -0.214 e. The van der Waals surface area contributed by atoms with Crippen molar-refractivity contribution in [3.63, 3.8) is 0 Å². The Morgan fingerprint density at radius 3 is 0.909 bits per heavy atom. The summed E-state index contributed by atoms with van der Waals surface area (Å²) in [5.41, 5.74) is 0. The molecule has 0 spiro atoms. The van der Waals surface area contributed by atoms with Crippen molar-refractivity contribution in [3.05, 3.63) is 60.7 Å². The summed E-state index contributed by atoms with van der Waals surface area (Å²) in [6.07, 6.45) is 0. The molecule has 0 saturated heterocycles. The quantitative estimate of drug-likeness (QED) is 0.655. The minimum atomic E-state index is 0. The average molecular weight is 320 g/mol. The molecule has 0 saturated carbocycles. The van der Waals surface area contributed by atoms with Gasteiger partial charge in [0.2, 0.25) is 0 Å². The molecule has 0 atom stereocenters. The average Bonchev–Trinajstić information content (AvgIpc) is 2.67. The molecule has 0 bridgehead atoms. The fourth-order valence-electron chi connectivity index (χ4n) is 0.642. The zero-order valence-corrected chi connectivity index (χ0v) is 8.67. The normalized spacial score (nSPS) is 7.27. The zero-order chi connectivity index (χ0) is 7.07. The molecule has 2 aromatic carbocycles. The number of hydrogen-bond donors (Lipinski definition) is 0. The van der Waals surface area contributed by atoms with Gasteiger partial charge in [-0.25, -0.2) is 24.3 Å². The molecule has 0 nitrogen and oxygen atoms in total. The van der Waals surface area contributed by atoms with Crippen LogP contribution in [-0.4, -0.2) is 0 Å². The Labute approximate surface area is 80.7 Å². The van der Waals surface area contributed by atoms with Gasteiger partial charge < -0.3 is 0 Å². The van der Waals surface area contributed by atoms with Crippen molar-refractivity contribution >= 4 is 0 Å². The largest absolute Gasteiger partial charge is 0.214 e. The predicted molar refractivity (Wildman–Crippen MR) is 44.1 cm³/mol. The number of hydrogen-bond acceptors (Lipinski definition) is 0. The molecule has 0 N–H and O–H groups in total. The predicted octanol–water partition coefficient (Wildman–Crippen LogP) is 2.81. The van der Waals surface area contributed by atoms with E-state index in [0.29, 0.717) is 0 Å². The van der Waals surface area contributed by atoms with Crippen molar-refractivity contribution in [2.75, 3.05) is 0 Å². The van der Waals surface area contributed by atoms with E-state index in [2.05, 4.69) is 0 Å². The molecule has 0 aliphatic carbocycles. The molecule has 0 radical (unpaired) electrons. The Morgan fingerprint density at radius 2 is 0.818 bits per heavy atom. The first kappa shape index (κ1) is 10.3. The van der Waals surface area contributed by atoms with Gasteiger partial charge >= 0.3 is 0 Å². The Hall–Kier alpha value is -0.664. The Kier molecular flexibility index (Phi) is 6.99. The van der Waals surface area contributed by atoms with E-state index in [-0.39, 0.29) is 19.8 Å². The Bertz CT molecular complexity index is 144. The van der Waals surface area contributed by atoms with E-state index in [1.165, 1.54) is 0 Å². The minimum absolute atomic E-state index is 0. The van der Waals surface area contributed by atoms with Crippen LogP contribution in [-0.2, 0) is 19.8 Å². The van der Waals surface area contributed by atoms with E-state index < -0.39 is 0 Å². The monoisotopic (exact) mass is 322 g/mol. The summed E-state index contributed by atoms with van der Waals surface area (Å²) in [6, 6.07) is 20.0. The van der Waals surface area contributed by atoms with Gasteiger partial charge in [0.25, 0.3) is 0 Å². The number of rotatable bonds is 0. The topological polar surface area (TPSA) is 0 Å². The maximum atomic E-state index is 2.00. The molecular formula is C10H10Os-2. The molecule has 1 heteroatoms. The van der Waals surface area contributed by atoms with E-state index in [1.807, 2.05) is 60.7 Å². The van der Waals surface area contributed by atoms with Gasteiger partial charge in [0.05, 0.1) is 0 Å². The van der Waals surface area contributed by atoms with E-state index in [4.69, 9.17) is 0 Å². The maximum absolute atomic E-state index is 2.00. The van der Waals surface area contributed by atoms with Crippen molar-refractivity contribution in [2.45, 2.75) is 0 Å². The summed E-state index contributed by atoms with van der Waals surface area (Å²) in [7, 11) is 0. The summed E-state index contributed by atoms with van der Waals surface area (Å²) in [6.45, 7) is 0. The summed E-state index contributed by atoms with van der Waals surface area (Å²) >= 11 is 0. The molecule has 0 fully saturated rings. The third kappa shape index (κ3) is 5.76. The molecule has 2 aromatic rings. The fourth-order valence-corrected chi connectivity index (χ4v) is 0.642. The molecule has 0 aliphatic rings. The van der Waals surface area contributed by atoms with Crippen molar-refractivity contribution < 1.29 is 19.8 Å². The molecule has 0 aromatic heterocycles. The van der Waals surface area contributed by atoms with Crippen LogP contribution in [0.25, 0.3) is 0 Å². The Morgan fingerprint density at radius 1 is 0.545 bits per heavy atom. The van der Waals surface area contributed by atoms with Crippen LogP contribution in [0.5, 0.6) is 0 Å². The first-order valence-electron chi connectivity index (χ1n) is 3.33. The van der Waals surface area contributed by atoms with Crippen LogP contribution in [0.15, 0.2) is 60.7 Å². The van der Waals surface area contributed by atoms with E-state index in [1.54, 1.807) is 0 Å². The molecule has 2 rings (SSSR count). The van der Waals surface area contributed by atoms with Gasteiger partial charge in [0.15, 0.2) is 0 Å². The fraction of sp³-hybridized carbons (Fsp3) is 0.